The van der Waals surface area contributed by atoms with Crippen LogP contribution in [-0.4, -0.2) is 67.4 Å². The van der Waals surface area contributed by atoms with Crippen LogP contribution in [0, 0.1) is 0 Å². The van der Waals surface area contributed by atoms with Gasteiger partial charge in [-0.05, 0) is 0 Å². The molecular weight excluding hydrogens is 286 g/mol. The molecule has 0 saturated carbocycles. The van der Waals surface area contributed by atoms with Crippen LogP contribution < -0.4 is 27.0 Å². The van der Waals surface area contributed by atoms with Crippen molar-refractivity contribution in [2.45, 2.75) is 0 Å². The smallest absolute Gasteiger partial charge is 0.322 e. The Labute approximate surface area is 129 Å². The molecule has 0 radical (unpaired) electrons. The number of carboxylic acid groups (broad SMARTS) is 1. The average molecular weight is 310 g/mol. The number of hydrogen-bond acceptors (Lipinski definition) is 7. The highest BCUT2D eigenvalue weighted by Gasteiger charge is 2.09. The minimum Gasteiger partial charge on any atom is -0.480 e. The number of nitrogens with two attached hydrogens (primary N) is 1. The summed E-state index contributed by atoms with van der Waals surface area (Å²) in [7, 11) is 0. The highest BCUT2D eigenvalue weighted by atomic mass is 16.4. The number of aliphatic carboxylic acids is 1. The minimum atomic E-state index is -1.22. The van der Waals surface area contributed by atoms with Gasteiger partial charge in [0.2, 0.25) is 23.6 Å². The molecule has 118 valence electrons. The zero-order chi connectivity index (χ0) is 22.0. The summed E-state index contributed by atoms with van der Waals surface area (Å²) >= 11 is 0. The van der Waals surface area contributed by atoms with Gasteiger partial charge in [-0.15, -0.1) is 0 Å². The maximum Gasteiger partial charge on any atom is 0.322 e. The van der Waals surface area contributed by atoms with Crippen LogP contribution in [0.2, 0.25) is 8.47 Å². The van der Waals surface area contributed by atoms with Crippen molar-refractivity contribution in [2.75, 3.05) is 32.7 Å². The number of carbonyl (C=O) groups is 5. The summed E-state index contributed by atoms with van der Waals surface area (Å²) in [4.78, 5) is 57.1. The average Bonchev–Trinajstić information content (AvgIpc) is 2.60. The highest BCUT2D eigenvalue weighted by Crippen LogP contribution is 1.70. The standard InChI is InChI=1S/C10H17N5O6/c11-1-6(16)12-2-7(17)13-3-8(18)14-4-9(19)15-5-10(20)21/h1-5,11H2,(H,12,16)(H,13,17)(H,14,18)(H,15,19)(H,20,21)/i/hD7. The zero-order valence-corrected chi connectivity index (χ0v) is 10.7. The van der Waals surface area contributed by atoms with E-state index in [4.69, 9.17) is 9.90 Å². The molecule has 21 heavy (non-hydrogen) atoms. The van der Waals surface area contributed by atoms with Crippen LogP contribution in [0.15, 0.2) is 0 Å². The number of nitrogens with one attached hydrogen (secondary N) is 4. The first-order valence-electron chi connectivity index (χ1n) is 8.56. The Morgan fingerprint density at radius 1 is 0.857 bits per heavy atom. The summed E-state index contributed by atoms with van der Waals surface area (Å²) in [5, 5.41) is 3.73. The third-order valence-electron chi connectivity index (χ3n) is 1.69. The van der Waals surface area contributed by atoms with Crippen molar-refractivity contribution in [3.8, 4) is 0 Å². The van der Waals surface area contributed by atoms with Gasteiger partial charge in [-0.25, -0.2) is 0 Å². The Hall–Kier alpha value is -2.69. The lowest BCUT2D eigenvalue weighted by molar-refractivity contribution is -0.137. The quantitative estimate of drug-likeness (QED) is 0.235. The third-order valence-corrected chi connectivity index (χ3v) is 1.69. The molecule has 0 saturated heterocycles. The Morgan fingerprint density at radius 2 is 1.29 bits per heavy atom. The SMILES string of the molecule is [2H]OC(=O)CN([2H])C(=O)CN([2H])C(=O)CN([2H])C(=O)CN([2H])C(=O)CN([2H])[2H]. The molecule has 0 unspecified atom stereocenters. The van der Waals surface area contributed by atoms with Gasteiger partial charge in [0.15, 0.2) is 5.65 Å². The van der Waals surface area contributed by atoms with Gasteiger partial charge in [0, 0.05) is 0 Å². The lowest BCUT2D eigenvalue weighted by Gasteiger charge is -2.07. The van der Waals surface area contributed by atoms with E-state index in [1.807, 2.05) is 0 Å². The lowest BCUT2D eigenvalue weighted by Crippen LogP contribution is -2.45. The predicted molar refractivity (Wildman–Crippen MR) is 68.7 cm³/mol. The third kappa shape index (κ3) is 10.9. The fraction of sp³-hybridized carbons (Fsp3) is 0.500. The van der Waals surface area contributed by atoms with Crippen LogP contribution in [0.5, 0.6) is 0 Å². The van der Waals surface area contributed by atoms with Crippen molar-refractivity contribution in [3.63, 3.8) is 0 Å². The van der Waals surface area contributed by atoms with Crippen LogP contribution in [0.4, 0.5) is 0 Å². The lowest BCUT2D eigenvalue weighted by atomic mass is 10.4. The number of carbonyl (C=O) groups excluding carboxylic acids is 4. The molecule has 0 heterocycles. The summed E-state index contributed by atoms with van der Waals surface area (Å²) in [6, 6.07) is 0. The van der Waals surface area contributed by atoms with E-state index in [1.54, 1.807) is 0 Å². The van der Waals surface area contributed by atoms with Gasteiger partial charge in [0.25, 0.3) is 1.43 Å². The molecule has 4 amide bonds. The van der Waals surface area contributed by atoms with Crippen molar-refractivity contribution in [2.24, 2.45) is 5.72 Å². The van der Waals surface area contributed by atoms with Crippen molar-refractivity contribution in [1.82, 2.24) is 21.2 Å². The molecule has 0 aromatic carbocycles. The first-order valence-corrected chi connectivity index (χ1v) is 5.47. The van der Waals surface area contributed by atoms with Gasteiger partial charge in [0.05, 0.1) is 26.2 Å². The normalized spacial score (nSPS) is 14.0. The highest BCUT2D eigenvalue weighted by molar-refractivity contribution is 5.90. The van der Waals surface area contributed by atoms with E-state index in [0.29, 0.717) is 0 Å². The zero-order valence-electron chi connectivity index (χ0n) is 17.7. The van der Waals surface area contributed by atoms with Crippen molar-refractivity contribution >= 4 is 29.6 Å². The topological polar surface area (TPSA) is 180 Å². The second-order valence-corrected chi connectivity index (χ2v) is 3.37. The molecular formula is C10H17N5O6. The van der Waals surface area contributed by atoms with E-state index < -0.39 is 62.3 Å². The second-order valence-electron chi connectivity index (χ2n) is 3.37. The number of hydrogen-bond donors (Lipinski definition) is 6. The molecule has 0 aliphatic carbocycles. The van der Waals surface area contributed by atoms with Crippen molar-refractivity contribution < 1.29 is 37.6 Å². The van der Waals surface area contributed by atoms with E-state index in [1.165, 1.54) is 0 Å². The van der Waals surface area contributed by atoms with Gasteiger partial charge in [0.1, 0.15) is 9.37 Å². The van der Waals surface area contributed by atoms with E-state index >= 15 is 0 Å². The fourth-order valence-electron chi connectivity index (χ4n) is 0.820. The molecule has 0 rings (SSSR count). The van der Waals surface area contributed by atoms with Crippen LogP contribution in [0.1, 0.15) is 0 Å². The summed E-state index contributed by atoms with van der Waals surface area (Å²) in [6.45, 7) is -4.65. The monoisotopic (exact) mass is 310 g/mol. The molecule has 11 heteroatoms. The van der Waals surface area contributed by atoms with Gasteiger partial charge in [-0.1, -0.05) is 0 Å². The van der Waals surface area contributed by atoms with E-state index in [-0.39, 0.29) is 27.0 Å². The molecule has 0 bridgehead atoms. The molecule has 0 aromatic rings. The Bertz CT molecular complexity index is 611. The summed E-state index contributed by atoms with van der Waals surface area (Å²) in [5.41, 5.74) is -0.0232. The summed E-state index contributed by atoms with van der Waals surface area (Å²) < 4.78 is 49.0. The van der Waals surface area contributed by atoms with Gasteiger partial charge in [-0.2, -0.15) is 0 Å². The molecule has 11 nitrogen and oxygen atoms in total. The van der Waals surface area contributed by atoms with Gasteiger partial charge >= 0.3 is 5.97 Å². The van der Waals surface area contributed by atoms with Crippen LogP contribution in [0.3, 0.4) is 0 Å². The van der Waals surface area contributed by atoms with Crippen molar-refractivity contribution in [1.29, 1.82) is 1.43 Å². The predicted octanol–water partition coefficient (Wildman–Crippen LogP) is -4.51. The van der Waals surface area contributed by atoms with Crippen molar-refractivity contribution in [3.05, 3.63) is 0 Å². The number of rotatable bonds is 10. The van der Waals surface area contributed by atoms with Gasteiger partial charge < -0.3 is 32.1 Å². The molecule has 0 atom stereocenters. The molecule has 0 aliphatic rings. The van der Waals surface area contributed by atoms with Crippen LogP contribution >= 0.6 is 0 Å². The van der Waals surface area contributed by atoms with E-state index in [0.717, 1.165) is 0 Å². The Kier molecular flexibility index (Phi) is 4.48. The van der Waals surface area contributed by atoms with E-state index in [2.05, 4.69) is 5.11 Å². The first-order chi connectivity index (χ1) is 12.9. The van der Waals surface area contributed by atoms with E-state index in [9.17, 15) is 24.0 Å². The van der Waals surface area contributed by atoms with Crippen LogP contribution in [-0.2, 0) is 24.0 Å². The maximum atomic E-state index is 11.7. The Balaban J connectivity index is 4.55. The molecule has 0 aliphatic heterocycles. The minimum absolute atomic E-state index is 0.0232. The molecule has 0 aromatic heterocycles. The number of carboxylic acids is 1. The largest absolute Gasteiger partial charge is 0.480 e. The Morgan fingerprint density at radius 3 is 1.71 bits per heavy atom. The van der Waals surface area contributed by atoms with Gasteiger partial charge in [-0.3, -0.25) is 24.0 Å². The fourth-order valence-corrected chi connectivity index (χ4v) is 0.820. The first kappa shape index (κ1) is 9.28. The summed E-state index contributed by atoms with van der Waals surface area (Å²) in [5.74, 6) is -5.86. The maximum absolute atomic E-state index is 11.7. The molecule has 0 spiro atoms. The molecule has 7 N–H and O–H groups in total. The number of amides is 4. The molecule has 0 fully saturated rings. The second kappa shape index (κ2) is 10.1. The summed E-state index contributed by atoms with van der Waals surface area (Å²) in [6.07, 6.45) is 0. The van der Waals surface area contributed by atoms with Crippen LogP contribution in [0.25, 0.3) is 1.43 Å².